The first kappa shape index (κ1) is 22.8. The Hall–Kier alpha value is -3.34. The van der Waals surface area contributed by atoms with Crippen molar-refractivity contribution in [2.75, 3.05) is 48.3 Å². The summed E-state index contributed by atoms with van der Waals surface area (Å²) in [4.78, 5) is 44.6. The van der Waals surface area contributed by atoms with E-state index in [2.05, 4.69) is 15.2 Å². The third-order valence-corrected chi connectivity index (χ3v) is 6.50. The minimum Gasteiger partial charge on any atom is -0.466 e. The number of hydrogen-bond acceptors (Lipinski definition) is 9. The van der Waals surface area contributed by atoms with Gasteiger partial charge in [-0.05, 0) is 44.0 Å². The number of ether oxygens (including phenoxy) is 2. The van der Waals surface area contributed by atoms with E-state index >= 15 is 0 Å². The molecule has 0 radical (unpaired) electrons. The van der Waals surface area contributed by atoms with Crippen LogP contribution in [0.25, 0.3) is 0 Å². The fraction of sp³-hybridized carbons (Fsp3) is 0.455. The van der Waals surface area contributed by atoms with Gasteiger partial charge in [-0.3, -0.25) is 14.5 Å². The molecule has 0 spiro atoms. The van der Waals surface area contributed by atoms with Crippen LogP contribution in [0.3, 0.4) is 0 Å². The van der Waals surface area contributed by atoms with Gasteiger partial charge in [0.15, 0.2) is 5.13 Å². The van der Waals surface area contributed by atoms with Crippen LogP contribution in [-0.4, -0.2) is 61.8 Å². The molecule has 1 aromatic heterocycles. The predicted octanol–water partition coefficient (Wildman–Crippen LogP) is 2.26. The molecule has 2 saturated heterocycles. The lowest BCUT2D eigenvalue weighted by atomic mass is 9.97. The number of nitrogen functional groups attached to an aromatic ring is 1. The smallest absolute Gasteiger partial charge is 0.414 e. The highest BCUT2D eigenvalue weighted by atomic mass is 32.1. The highest BCUT2D eigenvalue weighted by Gasteiger charge is 2.33. The van der Waals surface area contributed by atoms with Crippen LogP contribution in [0.15, 0.2) is 30.5 Å². The number of rotatable bonds is 7. The van der Waals surface area contributed by atoms with E-state index in [0.29, 0.717) is 35.4 Å². The summed E-state index contributed by atoms with van der Waals surface area (Å²) in [5.41, 5.74) is 7.26. The fourth-order valence-corrected chi connectivity index (χ4v) is 4.63. The molecule has 11 heteroatoms. The maximum Gasteiger partial charge on any atom is 0.414 e. The van der Waals surface area contributed by atoms with Crippen LogP contribution in [0.4, 0.5) is 21.3 Å². The summed E-state index contributed by atoms with van der Waals surface area (Å²) >= 11 is 1.10. The summed E-state index contributed by atoms with van der Waals surface area (Å²) in [7, 11) is 0. The molecule has 176 valence electrons. The van der Waals surface area contributed by atoms with E-state index in [1.54, 1.807) is 4.90 Å². The van der Waals surface area contributed by atoms with Gasteiger partial charge in [-0.1, -0.05) is 11.3 Å². The number of carbonyl (C=O) groups excluding carboxylic acids is 3. The zero-order valence-electron chi connectivity index (χ0n) is 18.4. The van der Waals surface area contributed by atoms with Crippen LogP contribution in [0.2, 0.25) is 0 Å². The Kier molecular flexibility index (Phi) is 6.97. The number of cyclic esters (lactones) is 1. The van der Waals surface area contributed by atoms with Crippen LogP contribution in [-0.2, 0) is 14.3 Å². The van der Waals surface area contributed by atoms with Gasteiger partial charge in [-0.15, -0.1) is 0 Å². The summed E-state index contributed by atoms with van der Waals surface area (Å²) in [6.07, 6.45) is 2.26. The molecule has 3 heterocycles. The first-order valence-corrected chi connectivity index (χ1v) is 11.8. The summed E-state index contributed by atoms with van der Waals surface area (Å²) in [5, 5.41) is 3.07. The van der Waals surface area contributed by atoms with Crippen LogP contribution in [0.1, 0.15) is 29.4 Å². The second-order valence-corrected chi connectivity index (χ2v) is 9.00. The van der Waals surface area contributed by atoms with Crippen LogP contribution < -0.4 is 20.9 Å². The van der Waals surface area contributed by atoms with E-state index in [-0.39, 0.29) is 24.3 Å². The average Bonchev–Trinajstić information content (AvgIpc) is 3.43. The highest BCUT2D eigenvalue weighted by molar-refractivity contribution is 7.17. The molecule has 2 aliphatic rings. The minimum atomic E-state index is -0.459. The molecule has 10 nitrogen and oxygen atoms in total. The van der Waals surface area contributed by atoms with Crippen molar-refractivity contribution in [3.8, 4) is 0 Å². The quantitative estimate of drug-likeness (QED) is 0.586. The lowest BCUT2D eigenvalue weighted by Gasteiger charge is -2.33. The number of nitrogens with two attached hydrogens (primary N) is 1. The summed E-state index contributed by atoms with van der Waals surface area (Å²) in [6.45, 7) is 4.22. The lowest BCUT2D eigenvalue weighted by molar-refractivity contribution is -0.148. The Morgan fingerprint density at radius 2 is 2.03 bits per heavy atom. The molecule has 4 rings (SSSR count). The van der Waals surface area contributed by atoms with Crippen molar-refractivity contribution >= 4 is 45.8 Å². The van der Waals surface area contributed by atoms with Crippen molar-refractivity contribution in [2.24, 2.45) is 5.92 Å². The Morgan fingerprint density at radius 1 is 1.27 bits per heavy atom. The number of nitrogens with zero attached hydrogens (tertiary/aromatic N) is 3. The Bertz CT molecular complexity index is 1010. The van der Waals surface area contributed by atoms with Gasteiger partial charge in [0.25, 0.3) is 5.91 Å². The number of anilines is 3. The van der Waals surface area contributed by atoms with Gasteiger partial charge in [-0.2, -0.15) is 0 Å². The molecule has 2 aromatic rings. The van der Waals surface area contributed by atoms with Gasteiger partial charge in [0, 0.05) is 24.5 Å². The molecule has 2 atom stereocenters. The van der Waals surface area contributed by atoms with Crippen LogP contribution >= 0.6 is 11.3 Å². The van der Waals surface area contributed by atoms with E-state index in [1.807, 2.05) is 31.2 Å². The van der Waals surface area contributed by atoms with Gasteiger partial charge >= 0.3 is 12.1 Å². The number of piperidine rings is 1. The molecular formula is C22H27N5O5S. The molecular weight excluding hydrogens is 446 g/mol. The summed E-state index contributed by atoms with van der Waals surface area (Å²) in [5.74, 6) is -0.564. The second-order valence-electron chi connectivity index (χ2n) is 7.94. The van der Waals surface area contributed by atoms with Crippen molar-refractivity contribution < 1.29 is 23.9 Å². The fourth-order valence-electron chi connectivity index (χ4n) is 4.03. The Morgan fingerprint density at radius 3 is 2.73 bits per heavy atom. The van der Waals surface area contributed by atoms with Crippen LogP contribution in [0, 0.1) is 5.92 Å². The summed E-state index contributed by atoms with van der Waals surface area (Å²) in [6, 6.07) is 7.62. The molecule has 2 aliphatic heterocycles. The SMILES string of the molecule is CCOC(=O)C1CCCN(c2ccc(N3C[C@H](CNC(=O)c4cnc(N)s4)OC3=O)cc2)C1. The second kappa shape index (κ2) is 10.1. The van der Waals surface area contributed by atoms with Crippen molar-refractivity contribution in [3.05, 3.63) is 35.3 Å². The van der Waals surface area contributed by atoms with E-state index < -0.39 is 12.2 Å². The highest BCUT2D eigenvalue weighted by Crippen LogP contribution is 2.28. The Balaban J connectivity index is 1.32. The van der Waals surface area contributed by atoms with E-state index in [1.165, 1.54) is 6.20 Å². The molecule has 0 aliphatic carbocycles. The first-order chi connectivity index (χ1) is 15.9. The Labute approximate surface area is 195 Å². The zero-order chi connectivity index (χ0) is 23.4. The molecule has 3 N–H and O–H groups in total. The van der Waals surface area contributed by atoms with Gasteiger partial charge in [-0.25, -0.2) is 9.78 Å². The monoisotopic (exact) mass is 473 g/mol. The van der Waals surface area contributed by atoms with E-state index in [4.69, 9.17) is 15.2 Å². The number of esters is 1. The number of benzene rings is 1. The summed E-state index contributed by atoms with van der Waals surface area (Å²) < 4.78 is 10.6. The predicted molar refractivity (Wildman–Crippen MR) is 124 cm³/mol. The average molecular weight is 474 g/mol. The number of thiazole rings is 1. The van der Waals surface area contributed by atoms with E-state index in [9.17, 15) is 14.4 Å². The molecule has 33 heavy (non-hydrogen) atoms. The molecule has 1 unspecified atom stereocenters. The van der Waals surface area contributed by atoms with Gasteiger partial charge < -0.3 is 25.4 Å². The van der Waals surface area contributed by atoms with E-state index in [0.717, 1.165) is 36.4 Å². The van der Waals surface area contributed by atoms with Gasteiger partial charge in [0.2, 0.25) is 0 Å². The van der Waals surface area contributed by atoms with Gasteiger partial charge in [0.05, 0.1) is 31.8 Å². The van der Waals surface area contributed by atoms with Crippen molar-refractivity contribution in [3.63, 3.8) is 0 Å². The molecule has 1 aromatic carbocycles. The number of carbonyl (C=O) groups is 3. The molecule has 0 saturated carbocycles. The van der Waals surface area contributed by atoms with Crippen molar-refractivity contribution in [1.82, 2.24) is 10.3 Å². The largest absolute Gasteiger partial charge is 0.466 e. The third kappa shape index (κ3) is 5.36. The third-order valence-electron chi connectivity index (χ3n) is 5.68. The van der Waals surface area contributed by atoms with Gasteiger partial charge in [0.1, 0.15) is 11.0 Å². The molecule has 2 fully saturated rings. The maximum atomic E-state index is 12.4. The normalized spacial score (nSPS) is 20.5. The van der Waals surface area contributed by atoms with Crippen molar-refractivity contribution in [2.45, 2.75) is 25.9 Å². The lowest BCUT2D eigenvalue weighted by Crippen LogP contribution is -2.39. The standard InChI is InChI=1S/C22H27N5O5S/c1-2-31-20(29)14-4-3-9-26(12-14)15-5-7-16(8-6-15)27-13-17(32-22(27)30)10-24-19(28)18-11-25-21(23)33-18/h5-8,11,14,17H,2-4,9-10,12-13H2,1H3,(H2,23,25)(H,24,28)/t14?,17-/m0/s1. The maximum absolute atomic E-state index is 12.4. The number of hydrogen-bond donors (Lipinski definition) is 2. The topological polar surface area (TPSA) is 127 Å². The molecule has 2 amide bonds. The number of nitrogens with one attached hydrogen (secondary N) is 1. The van der Waals surface area contributed by atoms with Crippen LogP contribution in [0.5, 0.6) is 0 Å². The first-order valence-electron chi connectivity index (χ1n) is 10.9. The van der Waals surface area contributed by atoms with Crippen molar-refractivity contribution in [1.29, 1.82) is 0 Å². The number of amides is 2. The number of aromatic nitrogens is 1. The molecule has 0 bridgehead atoms. The minimum absolute atomic E-state index is 0.121. The zero-order valence-corrected chi connectivity index (χ0v) is 19.2.